The number of nitrogens with zero attached hydrogens (tertiary/aromatic N) is 1. The molecule has 1 aliphatic heterocycles. The van der Waals surface area contributed by atoms with E-state index in [9.17, 15) is 14.4 Å². The number of nitrogens with one attached hydrogen (secondary N) is 1. The lowest BCUT2D eigenvalue weighted by atomic mass is 10.1. The molecule has 0 aliphatic carbocycles. The Morgan fingerprint density at radius 2 is 1.73 bits per heavy atom. The van der Waals surface area contributed by atoms with Crippen molar-refractivity contribution in [3.63, 3.8) is 0 Å². The average Bonchev–Trinajstić information content (AvgIpc) is 2.89. The molecule has 0 atom stereocenters. The highest BCUT2D eigenvalue weighted by Crippen LogP contribution is 2.25. The van der Waals surface area contributed by atoms with Crippen LogP contribution in [-0.2, 0) is 6.54 Å². The molecule has 0 fully saturated rings. The molecule has 1 heterocycles. The maximum atomic E-state index is 12.4. The number of ether oxygens (including phenoxy) is 2. The minimum atomic E-state index is -0.408. The maximum absolute atomic E-state index is 12.4. The van der Waals surface area contributed by atoms with Crippen molar-refractivity contribution in [3.05, 3.63) is 58.7 Å². The van der Waals surface area contributed by atoms with Gasteiger partial charge in [-0.1, -0.05) is 0 Å². The van der Waals surface area contributed by atoms with E-state index < -0.39 is 5.91 Å². The number of amides is 3. The monoisotopic (exact) mass is 354 g/mol. The van der Waals surface area contributed by atoms with Crippen LogP contribution in [0.3, 0.4) is 0 Å². The summed E-state index contributed by atoms with van der Waals surface area (Å²) in [5.41, 5.74) is 1.61. The summed E-state index contributed by atoms with van der Waals surface area (Å²) >= 11 is 0. The van der Waals surface area contributed by atoms with Crippen molar-refractivity contribution in [2.24, 2.45) is 0 Å². The third-order valence-electron chi connectivity index (χ3n) is 4.28. The highest BCUT2D eigenvalue weighted by Gasteiger charge is 2.33. The van der Waals surface area contributed by atoms with Gasteiger partial charge >= 0.3 is 0 Å². The van der Waals surface area contributed by atoms with Crippen molar-refractivity contribution >= 4 is 17.7 Å². The Balaban J connectivity index is 1.78. The fourth-order valence-electron chi connectivity index (χ4n) is 2.80. The molecule has 2 aromatic rings. The number of benzene rings is 2. The summed E-state index contributed by atoms with van der Waals surface area (Å²) < 4.78 is 10.5. The fraction of sp³-hybridized carbons (Fsp3) is 0.211. The largest absolute Gasteiger partial charge is 0.497 e. The summed E-state index contributed by atoms with van der Waals surface area (Å²) in [4.78, 5) is 37.5. The quantitative estimate of drug-likeness (QED) is 0.829. The van der Waals surface area contributed by atoms with Crippen LogP contribution in [0.25, 0.3) is 0 Å². The summed E-state index contributed by atoms with van der Waals surface area (Å²) in [5.74, 6) is 0.154. The molecular weight excluding hydrogens is 336 g/mol. The molecule has 0 saturated carbocycles. The molecule has 1 aliphatic rings. The minimum Gasteiger partial charge on any atom is -0.497 e. The first-order valence-corrected chi connectivity index (χ1v) is 7.91. The summed E-state index contributed by atoms with van der Waals surface area (Å²) in [7, 11) is 4.52. The van der Waals surface area contributed by atoms with Gasteiger partial charge in [0.1, 0.15) is 11.5 Å². The number of rotatable bonds is 5. The van der Waals surface area contributed by atoms with Crippen LogP contribution in [-0.4, -0.2) is 43.9 Å². The molecule has 7 heteroatoms. The third kappa shape index (κ3) is 2.99. The van der Waals surface area contributed by atoms with E-state index in [1.54, 1.807) is 32.4 Å². The van der Waals surface area contributed by atoms with Gasteiger partial charge in [0.25, 0.3) is 17.7 Å². The van der Waals surface area contributed by atoms with Crippen LogP contribution in [0.15, 0.2) is 36.4 Å². The van der Waals surface area contributed by atoms with Crippen LogP contribution in [0, 0.1) is 0 Å². The molecule has 0 aromatic heterocycles. The Labute approximate surface area is 150 Å². The average molecular weight is 354 g/mol. The topological polar surface area (TPSA) is 84.9 Å². The zero-order valence-electron chi connectivity index (χ0n) is 14.7. The van der Waals surface area contributed by atoms with E-state index in [0.29, 0.717) is 22.6 Å². The van der Waals surface area contributed by atoms with Gasteiger partial charge in [0, 0.05) is 24.7 Å². The number of carbonyl (C=O) groups is 3. The SMILES string of the molecule is COc1ccc(OC)c(CNC(=O)c2ccc3c(c2)C(=O)N(C)C3=O)c1. The first kappa shape index (κ1) is 17.5. The van der Waals surface area contributed by atoms with E-state index in [-0.39, 0.29) is 23.9 Å². The smallest absolute Gasteiger partial charge is 0.261 e. The second-order valence-corrected chi connectivity index (χ2v) is 5.79. The number of imide groups is 1. The van der Waals surface area contributed by atoms with Crippen LogP contribution < -0.4 is 14.8 Å². The summed E-state index contributed by atoms with van der Waals surface area (Å²) in [6, 6.07) is 9.78. The zero-order chi connectivity index (χ0) is 18.8. The highest BCUT2D eigenvalue weighted by atomic mass is 16.5. The third-order valence-corrected chi connectivity index (χ3v) is 4.28. The zero-order valence-corrected chi connectivity index (χ0v) is 14.7. The molecule has 0 unspecified atom stereocenters. The standard InChI is InChI=1S/C19H18N2O5/c1-21-18(23)14-6-4-11(9-15(14)19(21)24)17(22)20-10-12-8-13(25-2)5-7-16(12)26-3/h4-9H,10H2,1-3H3,(H,20,22). The molecule has 1 N–H and O–H groups in total. The first-order chi connectivity index (χ1) is 12.5. The summed E-state index contributed by atoms with van der Waals surface area (Å²) in [5, 5.41) is 2.79. The lowest BCUT2D eigenvalue weighted by Crippen LogP contribution is -2.24. The molecule has 7 nitrogen and oxygen atoms in total. The Bertz CT molecular complexity index is 907. The van der Waals surface area contributed by atoms with Gasteiger partial charge in [0.05, 0.1) is 25.3 Å². The van der Waals surface area contributed by atoms with Crippen molar-refractivity contribution in [1.29, 1.82) is 0 Å². The van der Waals surface area contributed by atoms with Crippen molar-refractivity contribution in [1.82, 2.24) is 10.2 Å². The lowest BCUT2D eigenvalue weighted by Gasteiger charge is -2.11. The molecular formula is C19H18N2O5. The Morgan fingerprint density at radius 1 is 1.00 bits per heavy atom. The molecule has 0 radical (unpaired) electrons. The van der Waals surface area contributed by atoms with Crippen molar-refractivity contribution in [2.75, 3.05) is 21.3 Å². The minimum absolute atomic E-state index is 0.225. The van der Waals surface area contributed by atoms with Gasteiger partial charge in [-0.05, 0) is 36.4 Å². The van der Waals surface area contributed by atoms with Crippen LogP contribution in [0.5, 0.6) is 11.5 Å². The van der Waals surface area contributed by atoms with E-state index in [0.717, 1.165) is 10.5 Å². The Kier molecular flexibility index (Phi) is 4.62. The predicted molar refractivity (Wildman–Crippen MR) is 93.6 cm³/mol. The molecule has 2 aromatic carbocycles. The van der Waals surface area contributed by atoms with Gasteiger partial charge in [-0.2, -0.15) is 0 Å². The van der Waals surface area contributed by atoms with Crippen LogP contribution in [0.1, 0.15) is 36.6 Å². The van der Waals surface area contributed by atoms with Crippen LogP contribution in [0.2, 0.25) is 0 Å². The first-order valence-electron chi connectivity index (χ1n) is 7.91. The van der Waals surface area contributed by atoms with Gasteiger partial charge in [0.15, 0.2) is 0 Å². The molecule has 0 spiro atoms. The lowest BCUT2D eigenvalue weighted by molar-refractivity contribution is 0.0693. The molecule has 3 rings (SSSR count). The van der Waals surface area contributed by atoms with Crippen molar-refractivity contribution < 1.29 is 23.9 Å². The molecule has 134 valence electrons. The van der Waals surface area contributed by atoms with Gasteiger partial charge in [0.2, 0.25) is 0 Å². The molecule has 3 amide bonds. The van der Waals surface area contributed by atoms with Gasteiger partial charge in [-0.25, -0.2) is 0 Å². The second-order valence-electron chi connectivity index (χ2n) is 5.79. The maximum Gasteiger partial charge on any atom is 0.261 e. The predicted octanol–water partition coefficient (Wildman–Crippen LogP) is 1.86. The summed E-state index contributed by atoms with van der Waals surface area (Å²) in [6.45, 7) is 0.225. The molecule has 0 saturated heterocycles. The Morgan fingerprint density at radius 3 is 2.42 bits per heavy atom. The second kappa shape index (κ2) is 6.87. The van der Waals surface area contributed by atoms with E-state index in [4.69, 9.17) is 9.47 Å². The number of hydrogen-bond acceptors (Lipinski definition) is 5. The Hall–Kier alpha value is -3.35. The van der Waals surface area contributed by atoms with Gasteiger partial charge < -0.3 is 14.8 Å². The number of hydrogen-bond donors (Lipinski definition) is 1. The number of carbonyl (C=O) groups excluding carboxylic acids is 3. The van der Waals surface area contributed by atoms with E-state index in [1.807, 2.05) is 0 Å². The number of methoxy groups -OCH3 is 2. The summed E-state index contributed by atoms with van der Waals surface area (Å²) in [6.07, 6.45) is 0. The normalized spacial score (nSPS) is 12.8. The van der Waals surface area contributed by atoms with Gasteiger partial charge in [-0.15, -0.1) is 0 Å². The molecule has 0 bridgehead atoms. The number of fused-ring (bicyclic) bond motifs is 1. The van der Waals surface area contributed by atoms with Crippen molar-refractivity contribution in [2.45, 2.75) is 6.54 Å². The van der Waals surface area contributed by atoms with E-state index in [1.165, 1.54) is 25.2 Å². The highest BCUT2D eigenvalue weighted by molar-refractivity contribution is 6.21. The van der Waals surface area contributed by atoms with Gasteiger partial charge in [-0.3, -0.25) is 19.3 Å². The van der Waals surface area contributed by atoms with Crippen LogP contribution in [0.4, 0.5) is 0 Å². The van der Waals surface area contributed by atoms with E-state index >= 15 is 0 Å². The van der Waals surface area contributed by atoms with Crippen LogP contribution >= 0.6 is 0 Å². The van der Waals surface area contributed by atoms with Crippen molar-refractivity contribution in [3.8, 4) is 11.5 Å². The fourth-order valence-corrected chi connectivity index (χ4v) is 2.80. The molecule has 26 heavy (non-hydrogen) atoms. The van der Waals surface area contributed by atoms with E-state index in [2.05, 4.69) is 5.32 Å².